The van der Waals surface area contributed by atoms with Crippen molar-refractivity contribution < 1.29 is 14.4 Å². The lowest BCUT2D eigenvalue weighted by Gasteiger charge is -2.15. The number of carbonyl (C=O) groups is 3. The molecule has 0 bridgehead atoms. The molecule has 1 saturated carbocycles. The number of amides is 3. The smallest absolute Gasteiger partial charge is 0.313 e. The Kier molecular flexibility index (Phi) is 4.57. The maximum Gasteiger partial charge on any atom is 0.313 e. The van der Waals surface area contributed by atoms with E-state index in [2.05, 4.69) is 25.8 Å². The summed E-state index contributed by atoms with van der Waals surface area (Å²) in [6, 6.07) is 6.84. The van der Waals surface area contributed by atoms with E-state index in [-0.39, 0.29) is 17.9 Å². The van der Waals surface area contributed by atoms with Crippen molar-refractivity contribution in [3.05, 3.63) is 42.0 Å². The Hall–Kier alpha value is -3.23. The minimum atomic E-state index is -0.715. The predicted molar refractivity (Wildman–Crippen MR) is 95.9 cm³/mol. The van der Waals surface area contributed by atoms with Crippen LogP contribution in [0.15, 0.2) is 30.6 Å². The highest BCUT2D eigenvalue weighted by molar-refractivity contribution is 6.39. The third kappa shape index (κ3) is 3.97. The lowest BCUT2D eigenvalue weighted by Crippen LogP contribution is -2.38. The van der Waals surface area contributed by atoms with Gasteiger partial charge in [0.1, 0.15) is 12.2 Å². The molecule has 1 atom stereocenters. The Morgan fingerprint density at radius 2 is 2.04 bits per heavy atom. The second kappa shape index (κ2) is 7.18. The van der Waals surface area contributed by atoms with E-state index in [0.29, 0.717) is 24.3 Å². The minimum Gasteiger partial charge on any atom is -0.349 e. The zero-order chi connectivity index (χ0) is 18.8. The molecule has 140 valence electrons. The fraction of sp³-hybridized carbons (Fsp3) is 0.389. The van der Waals surface area contributed by atoms with Crippen molar-refractivity contribution in [2.75, 3.05) is 18.4 Å². The molecule has 1 unspecified atom stereocenters. The first kappa shape index (κ1) is 17.2. The van der Waals surface area contributed by atoms with Crippen molar-refractivity contribution in [2.24, 2.45) is 0 Å². The van der Waals surface area contributed by atoms with E-state index in [9.17, 15) is 14.4 Å². The summed E-state index contributed by atoms with van der Waals surface area (Å²) in [6.07, 6.45) is 4.16. The molecule has 2 fully saturated rings. The van der Waals surface area contributed by atoms with Crippen LogP contribution in [0, 0.1) is 0 Å². The summed E-state index contributed by atoms with van der Waals surface area (Å²) in [5.41, 5.74) is 0.876. The van der Waals surface area contributed by atoms with E-state index in [0.717, 1.165) is 25.1 Å². The zero-order valence-electron chi connectivity index (χ0n) is 14.6. The number of benzene rings is 1. The number of rotatable bonds is 4. The van der Waals surface area contributed by atoms with Gasteiger partial charge < -0.3 is 15.5 Å². The summed E-state index contributed by atoms with van der Waals surface area (Å²) >= 11 is 0. The van der Waals surface area contributed by atoms with Crippen LogP contribution in [0.3, 0.4) is 0 Å². The van der Waals surface area contributed by atoms with E-state index in [1.165, 1.54) is 11.2 Å². The topological polar surface area (TPSA) is 120 Å². The van der Waals surface area contributed by atoms with Gasteiger partial charge >= 0.3 is 11.8 Å². The first-order chi connectivity index (χ1) is 13.1. The summed E-state index contributed by atoms with van der Waals surface area (Å²) in [6.45, 7) is 0.909. The zero-order valence-corrected chi connectivity index (χ0v) is 14.6. The van der Waals surface area contributed by atoms with E-state index in [1.54, 1.807) is 24.3 Å². The van der Waals surface area contributed by atoms with Gasteiger partial charge in [-0.15, -0.1) is 0 Å². The molecule has 1 aliphatic heterocycles. The van der Waals surface area contributed by atoms with Crippen LogP contribution < -0.4 is 10.6 Å². The summed E-state index contributed by atoms with van der Waals surface area (Å²) in [5, 5.41) is 12.1. The van der Waals surface area contributed by atoms with Crippen molar-refractivity contribution in [1.82, 2.24) is 25.4 Å². The van der Waals surface area contributed by atoms with Crippen LogP contribution in [0.4, 0.5) is 5.69 Å². The normalized spacial score (nSPS) is 19.0. The molecule has 1 saturated heterocycles. The summed E-state index contributed by atoms with van der Waals surface area (Å²) in [7, 11) is 0. The molecule has 27 heavy (non-hydrogen) atoms. The predicted octanol–water partition coefficient (Wildman–Crippen LogP) is 0.651. The van der Waals surface area contributed by atoms with Crippen molar-refractivity contribution >= 4 is 23.4 Å². The highest BCUT2D eigenvalue weighted by Crippen LogP contribution is 2.24. The molecule has 1 aromatic heterocycles. The fourth-order valence-electron chi connectivity index (χ4n) is 3.14. The third-order valence-electron chi connectivity index (χ3n) is 4.79. The molecular weight excluding hydrogens is 348 g/mol. The second-order valence-electron chi connectivity index (χ2n) is 6.89. The van der Waals surface area contributed by atoms with Gasteiger partial charge in [-0.25, -0.2) is 4.98 Å². The Balaban J connectivity index is 1.36. The molecule has 4 rings (SSSR count). The molecule has 1 aromatic carbocycles. The van der Waals surface area contributed by atoms with Gasteiger partial charge in [-0.1, -0.05) is 6.07 Å². The highest BCUT2D eigenvalue weighted by Gasteiger charge is 2.32. The van der Waals surface area contributed by atoms with Crippen molar-refractivity contribution in [3.63, 3.8) is 0 Å². The Morgan fingerprint density at radius 1 is 1.19 bits per heavy atom. The molecule has 9 nitrogen and oxygen atoms in total. The minimum absolute atomic E-state index is 0.0543. The lowest BCUT2D eigenvalue weighted by molar-refractivity contribution is -0.142. The van der Waals surface area contributed by atoms with Crippen LogP contribution in [0.1, 0.15) is 41.4 Å². The number of nitrogens with zero attached hydrogens (tertiary/aromatic N) is 3. The first-order valence-electron chi connectivity index (χ1n) is 8.96. The molecule has 2 aromatic rings. The number of hydrogen-bond donors (Lipinski definition) is 3. The number of H-pyrrole nitrogens is 1. The summed E-state index contributed by atoms with van der Waals surface area (Å²) < 4.78 is 0. The monoisotopic (exact) mass is 368 g/mol. The largest absolute Gasteiger partial charge is 0.349 e. The first-order valence-corrected chi connectivity index (χ1v) is 8.96. The van der Waals surface area contributed by atoms with E-state index < -0.39 is 11.8 Å². The number of carbonyl (C=O) groups excluding carboxylic acids is 3. The number of anilines is 1. The van der Waals surface area contributed by atoms with E-state index >= 15 is 0 Å². The average molecular weight is 368 g/mol. The molecular formula is C18H20N6O3. The number of likely N-dealkylation sites (tertiary alicyclic amines) is 1. The number of hydrogen-bond acceptors (Lipinski definition) is 5. The Labute approximate surface area is 155 Å². The molecule has 0 spiro atoms. The van der Waals surface area contributed by atoms with Gasteiger partial charge in [-0.3, -0.25) is 19.5 Å². The van der Waals surface area contributed by atoms with Crippen LogP contribution in [0.25, 0.3) is 0 Å². The summed E-state index contributed by atoms with van der Waals surface area (Å²) in [5.74, 6) is -0.703. The van der Waals surface area contributed by atoms with Gasteiger partial charge in [0.2, 0.25) is 0 Å². The van der Waals surface area contributed by atoms with Gasteiger partial charge in [-0.05, 0) is 37.5 Å². The van der Waals surface area contributed by atoms with Crippen LogP contribution in [0.2, 0.25) is 0 Å². The van der Waals surface area contributed by atoms with Gasteiger partial charge in [0.05, 0.1) is 0 Å². The van der Waals surface area contributed by atoms with E-state index in [4.69, 9.17) is 0 Å². The van der Waals surface area contributed by atoms with Gasteiger partial charge in [-0.2, -0.15) is 5.10 Å². The second-order valence-corrected chi connectivity index (χ2v) is 6.89. The van der Waals surface area contributed by atoms with Crippen molar-refractivity contribution in [2.45, 2.75) is 31.2 Å². The van der Waals surface area contributed by atoms with Crippen LogP contribution in [0.5, 0.6) is 0 Å². The SMILES string of the molecule is O=C(Nc1cccc(C(=O)NC2CC2)c1)C(=O)N1CCC(c2ncn[nH]2)C1. The molecule has 2 heterocycles. The Bertz CT molecular complexity index is 862. The van der Waals surface area contributed by atoms with Gasteiger partial charge in [0.15, 0.2) is 0 Å². The number of aromatic nitrogens is 3. The molecule has 1 aliphatic carbocycles. The molecule has 3 N–H and O–H groups in total. The standard InChI is InChI=1S/C18H20N6O3/c25-16(21-13-4-5-13)11-2-1-3-14(8-11)22-17(26)18(27)24-7-6-12(9-24)15-19-10-20-23-15/h1-3,8,10,12-13H,4-7,9H2,(H,21,25)(H,22,26)(H,19,20,23). The quantitative estimate of drug-likeness (QED) is 0.685. The maximum absolute atomic E-state index is 12.4. The van der Waals surface area contributed by atoms with Crippen molar-refractivity contribution in [3.8, 4) is 0 Å². The highest BCUT2D eigenvalue weighted by atomic mass is 16.2. The number of aromatic amines is 1. The van der Waals surface area contributed by atoms with Crippen molar-refractivity contribution in [1.29, 1.82) is 0 Å². The molecule has 0 radical (unpaired) electrons. The third-order valence-corrected chi connectivity index (χ3v) is 4.79. The summed E-state index contributed by atoms with van der Waals surface area (Å²) in [4.78, 5) is 42.5. The van der Waals surface area contributed by atoms with Gasteiger partial charge in [0, 0.05) is 36.3 Å². The maximum atomic E-state index is 12.4. The molecule has 9 heteroatoms. The average Bonchev–Trinajstić information content (AvgIpc) is 3.14. The lowest BCUT2D eigenvalue weighted by atomic mass is 10.1. The molecule has 3 amide bonds. The number of nitrogens with one attached hydrogen (secondary N) is 3. The van der Waals surface area contributed by atoms with Crippen LogP contribution in [-0.4, -0.2) is 56.9 Å². The van der Waals surface area contributed by atoms with Gasteiger partial charge in [0.25, 0.3) is 5.91 Å². The fourth-order valence-corrected chi connectivity index (χ4v) is 3.14. The van der Waals surface area contributed by atoms with E-state index in [1.807, 2.05) is 0 Å². The molecule has 2 aliphatic rings. The van der Waals surface area contributed by atoms with Crippen LogP contribution in [-0.2, 0) is 9.59 Å². The van der Waals surface area contributed by atoms with Crippen LogP contribution >= 0.6 is 0 Å². The Morgan fingerprint density at radius 3 is 2.78 bits per heavy atom.